The Balaban J connectivity index is 1.92. The van der Waals surface area contributed by atoms with E-state index in [9.17, 15) is 4.39 Å². The third-order valence-corrected chi connectivity index (χ3v) is 5.36. The van der Waals surface area contributed by atoms with Crippen LogP contribution in [-0.2, 0) is 6.42 Å². The van der Waals surface area contributed by atoms with E-state index in [1.807, 2.05) is 13.0 Å². The molecule has 1 saturated carbocycles. The highest BCUT2D eigenvalue weighted by Crippen LogP contribution is 2.40. The molecule has 1 aromatic carbocycles. The van der Waals surface area contributed by atoms with E-state index in [1.54, 1.807) is 12.1 Å². The van der Waals surface area contributed by atoms with Crippen LogP contribution in [0.4, 0.5) is 4.39 Å². The summed E-state index contributed by atoms with van der Waals surface area (Å²) in [6, 6.07) is 5.25. The zero-order valence-electron chi connectivity index (χ0n) is 14.0. The van der Waals surface area contributed by atoms with Gasteiger partial charge in [0.2, 0.25) is 0 Å². The first kappa shape index (κ1) is 16.5. The third-order valence-electron chi connectivity index (χ3n) is 5.36. The minimum atomic E-state index is -0.157. The monoisotopic (exact) mass is 291 g/mol. The Hall–Kier alpha value is -0.890. The molecular weight excluding hydrogens is 261 g/mol. The zero-order valence-corrected chi connectivity index (χ0v) is 14.0. The van der Waals surface area contributed by atoms with Crippen LogP contribution in [0.1, 0.15) is 57.6 Å². The lowest BCUT2D eigenvalue weighted by atomic mass is 9.68. The molecule has 1 atom stereocenters. The first-order chi connectivity index (χ1) is 9.77. The van der Waals surface area contributed by atoms with Crippen LogP contribution in [0.25, 0.3) is 0 Å². The molecule has 0 saturated heterocycles. The van der Waals surface area contributed by atoms with Crippen LogP contribution in [-0.4, -0.2) is 6.04 Å². The van der Waals surface area contributed by atoms with Gasteiger partial charge in [0.05, 0.1) is 0 Å². The van der Waals surface area contributed by atoms with Gasteiger partial charge in [0.25, 0.3) is 0 Å². The van der Waals surface area contributed by atoms with Crippen molar-refractivity contribution in [2.75, 3.05) is 0 Å². The first-order valence-corrected chi connectivity index (χ1v) is 8.28. The van der Waals surface area contributed by atoms with Crippen molar-refractivity contribution in [2.45, 2.75) is 65.8 Å². The predicted octanol–water partition coefficient (Wildman–Crippen LogP) is 4.86. The number of benzene rings is 1. The largest absolute Gasteiger partial charge is 0.327 e. The Morgan fingerprint density at radius 3 is 2.33 bits per heavy atom. The zero-order chi connectivity index (χ0) is 15.6. The Morgan fingerprint density at radius 1 is 1.19 bits per heavy atom. The summed E-state index contributed by atoms with van der Waals surface area (Å²) in [5.74, 6) is 1.29. The van der Waals surface area contributed by atoms with Gasteiger partial charge in [-0.05, 0) is 79.5 Å². The van der Waals surface area contributed by atoms with Crippen LogP contribution in [0.15, 0.2) is 18.2 Å². The predicted molar refractivity (Wildman–Crippen MR) is 87.7 cm³/mol. The number of nitrogens with two attached hydrogens (primary N) is 1. The highest BCUT2D eigenvalue weighted by Gasteiger charge is 2.31. The fourth-order valence-corrected chi connectivity index (χ4v) is 3.72. The molecule has 2 rings (SSSR count). The molecule has 1 unspecified atom stereocenters. The topological polar surface area (TPSA) is 26.0 Å². The van der Waals surface area contributed by atoms with Crippen LogP contribution in [0, 0.1) is 30.0 Å². The molecule has 118 valence electrons. The van der Waals surface area contributed by atoms with Crippen LogP contribution in [0.2, 0.25) is 0 Å². The van der Waals surface area contributed by atoms with E-state index in [1.165, 1.54) is 31.2 Å². The van der Waals surface area contributed by atoms with E-state index in [2.05, 4.69) is 20.8 Å². The Morgan fingerprint density at radius 2 is 1.81 bits per heavy atom. The molecule has 0 aliphatic heterocycles. The third kappa shape index (κ3) is 4.29. The SMILES string of the molecule is Cc1cc(F)ccc1CC(N)C1CCC(C(C)(C)C)CC1. The highest BCUT2D eigenvalue weighted by atomic mass is 19.1. The summed E-state index contributed by atoms with van der Waals surface area (Å²) in [6.45, 7) is 9.01. The van der Waals surface area contributed by atoms with E-state index in [-0.39, 0.29) is 11.9 Å². The van der Waals surface area contributed by atoms with Crippen LogP contribution in [0.3, 0.4) is 0 Å². The van der Waals surface area contributed by atoms with Gasteiger partial charge < -0.3 is 5.73 Å². The summed E-state index contributed by atoms with van der Waals surface area (Å²) >= 11 is 0. The molecule has 2 N–H and O–H groups in total. The fourth-order valence-electron chi connectivity index (χ4n) is 3.72. The summed E-state index contributed by atoms with van der Waals surface area (Å²) in [6.07, 6.45) is 5.94. The molecule has 0 bridgehead atoms. The molecule has 0 heterocycles. The lowest BCUT2D eigenvalue weighted by Gasteiger charge is -2.38. The van der Waals surface area contributed by atoms with Crippen molar-refractivity contribution in [2.24, 2.45) is 23.0 Å². The molecule has 21 heavy (non-hydrogen) atoms. The van der Waals surface area contributed by atoms with Gasteiger partial charge in [0.15, 0.2) is 0 Å². The number of hydrogen-bond donors (Lipinski definition) is 1. The minimum Gasteiger partial charge on any atom is -0.327 e. The van der Waals surface area contributed by atoms with Crippen molar-refractivity contribution in [3.05, 3.63) is 35.1 Å². The quantitative estimate of drug-likeness (QED) is 0.846. The maximum Gasteiger partial charge on any atom is 0.123 e. The molecule has 0 spiro atoms. The Labute approximate surface area is 129 Å². The summed E-state index contributed by atoms with van der Waals surface area (Å²) in [7, 11) is 0. The molecule has 1 nitrogen and oxygen atoms in total. The second-order valence-corrected chi connectivity index (χ2v) is 7.92. The highest BCUT2D eigenvalue weighted by molar-refractivity contribution is 5.27. The van der Waals surface area contributed by atoms with Crippen molar-refractivity contribution < 1.29 is 4.39 Å². The number of aryl methyl sites for hydroxylation is 1. The lowest BCUT2D eigenvalue weighted by molar-refractivity contribution is 0.139. The minimum absolute atomic E-state index is 0.157. The van der Waals surface area contributed by atoms with Crippen molar-refractivity contribution in [3.8, 4) is 0 Å². The molecule has 0 aromatic heterocycles. The summed E-state index contributed by atoms with van der Waals surface area (Å²) in [4.78, 5) is 0. The molecule has 0 amide bonds. The van der Waals surface area contributed by atoms with Gasteiger partial charge in [0, 0.05) is 6.04 Å². The molecule has 0 radical (unpaired) electrons. The molecule has 1 aliphatic carbocycles. The molecule has 2 heteroatoms. The van der Waals surface area contributed by atoms with Crippen molar-refractivity contribution in [1.82, 2.24) is 0 Å². The second kappa shape index (κ2) is 6.48. The van der Waals surface area contributed by atoms with Crippen molar-refractivity contribution >= 4 is 0 Å². The average Bonchev–Trinajstić information content (AvgIpc) is 2.41. The number of rotatable bonds is 3. The van der Waals surface area contributed by atoms with Crippen molar-refractivity contribution in [1.29, 1.82) is 0 Å². The summed E-state index contributed by atoms with van der Waals surface area (Å²) in [5.41, 5.74) is 9.09. The van der Waals surface area contributed by atoms with Gasteiger partial charge in [-0.2, -0.15) is 0 Å². The van der Waals surface area contributed by atoms with Gasteiger partial charge in [-0.3, -0.25) is 0 Å². The van der Waals surface area contributed by atoms with E-state index in [4.69, 9.17) is 5.73 Å². The Kier molecular flexibility index (Phi) is 5.08. The van der Waals surface area contributed by atoms with Gasteiger partial charge >= 0.3 is 0 Å². The maximum atomic E-state index is 13.2. The molecule has 1 aromatic rings. The van der Waals surface area contributed by atoms with Gasteiger partial charge in [-0.25, -0.2) is 4.39 Å². The molecule has 1 aliphatic rings. The Bertz CT molecular complexity index is 467. The summed E-state index contributed by atoms with van der Waals surface area (Å²) in [5, 5.41) is 0. The number of hydrogen-bond acceptors (Lipinski definition) is 1. The normalized spacial score (nSPS) is 24.9. The van der Waals surface area contributed by atoms with Gasteiger partial charge in [-0.1, -0.05) is 26.8 Å². The lowest BCUT2D eigenvalue weighted by Crippen LogP contribution is -2.37. The number of halogens is 1. The summed E-state index contributed by atoms with van der Waals surface area (Å²) < 4.78 is 13.2. The molecular formula is C19H30FN. The standard InChI is InChI=1S/C19H30FN/c1-13-11-17(20)10-7-15(13)12-18(21)14-5-8-16(9-6-14)19(2,3)4/h7,10-11,14,16,18H,5-6,8-9,12,21H2,1-4H3. The van der Waals surface area contributed by atoms with Crippen LogP contribution in [0.5, 0.6) is 0 Å². The van der Waals surface area contributed by atoms with Crippen molar-refractivity contribution in [3.63, 3.8) is 0 Å². The average molecular weight is 291 g/mol. The maximum absolute atomic E-state index is 13.2. The van der Waals surface area contributed by atoms with E-state index < -0.39 is 0 Å². The van der Waals surface area contributed by atoms with Gasteiger partial charge in [0.1, 0.15) is 5.82 Å². The fraction of sp³-hybridized carbons (Fsp3) is 0.684. The van der Waals surface area contributed by atoms with Crippen LogP contribution >= 0.6 is 0 Å². The second-order valence-electron chi connectivity index (χ2n) is 7.92. The smallest absolute Gasteiger partial charge is 0.123 e. The van der Waals surface area contributed by atoms with Crippen LogP contribution < -0.4 is 5.73 Å². The van der Waals surface area contributed by atoms with E-state index >= 15 is 0 Å². The van der Waals surface area contributed by atoms with Gasteiger partial charge in [-0.15, -0.1) is 0 Å². The first-order valence-electron chi connectivity index (χ1n) is 8.28. The molecule has 1 fully saturated rings. The van der Waals surface area contributed by atoms with E-state index in [0.717, 1.165) is 17.9 Å². The van der Waals surface area contributed by atoms with E-state index in [0.29, 0.717) is 11.3 Å².